The first kappa shape index (κ1) is 28.5. The molecule has 2 heterocycles. The van der Waals surface area contributed by atoms with E-state index >= 15 is 4.21 Å². The van der Waals surface area contributed by atoms with Gasteiger partial charge in [0.1, 0.15) is 11.5 Å². The number of likely N-dealkylation sites (tertiary alicyclic amines) is 1. The highest BCUT2D eigenvalue weighted by atomic mass is 32.2. The maximum absolute atomic E-state index is 15.2. The van der Waals surface area contributed by atoms with Crippen LogP contribution < -0.4 is 18.5 Å². The first-order valence-corrected chi connectivity index (χ1v) is 16.9. The lowest BCUT2D eigenvalue weighted by Crippen LogP contribution is -2.54. The van der Waals surface area contributed by atoms with Crippen molar-refractivity contribution < 1.29 is 13.7 Å². The number of rotatable bonds is 9. The molecule has 0 saturated carbocycles. The van der Waals surface area contributed by atoms with Crippen molar-refractivity contribution in [1.29, 1.82) is 0 Å². The molecule has 1 fully saturated rings. The zero-order chi connectivity index (χ0) is 26.7. The second-order valence-corrected chi connectivity index (χ2v) is 18.2. The highest BCUT2D eigenvalue weighted by molar-refractivity contribution is 7.93. The monoisotopic (exact) mass is 536 g/mol. The Kier molecular flexibility index (Phi) is 8.80. The molecule has 2 unspecified atom stereocenters. The van der Waals surface area contributed by atoms with Crippen LogP contribution in [0.3, 0.4) is 0 Å². The highest BCUT2D eigenvalue weighted by Crippen LogP contribution is 2.39. The van der Waals surface area contributed by atoms with Crippen molar-refractivity contribution in [2.24, 2.45) is 11.1 Å². The zero-order valence-corrected chi connectivity index (χ0v) is 25.2. The lowest BCUT2D eigenvalue weighted by Gasteiger charge is -2.42. The van der Waals surface area contributed by atoms with E-state index in [2.05, 4.69) is 55.6 Å². The lowest BCUT2D eigenvalue weighted by molar-refractivity contribution is 0.253. The maximum Gasteiger partial charge on any atom is 0.196 e. The second-order valence-electron chi connectivity index (χ2n) is 11.2. The molecule has 3 rings (SSSR count). The summed E-state index contributed by atoms with van der Waals surface area (Å²) >= 11 is 0. The van der Waals surface area contributed by atoms with Crippen molar-refractivity contribution >= 4 is 24.0 Å². The third-order valence-electron chi connectivity index (χ3n) is 7.28. The number of aryl methyl sites for hydroxylation is 1. The summed E-state index contributed by atoms with van der Waals surface area (Å²) in [4.78, 5) is 2.30. The van der Waals surface area contributed by atoms with E-state index in [1.54, 1.807) is 25.1 Å². The van der Waals surface area contributed by atoms with Crippen LogP contribution in [0, 0.1) is 0 Å². The Morgan fingerprint density at radius 2 is 1.97 bits per heavy atom. The number of methoxy groups -OCH3 is 2. The Morgan fingerprint density at radius 1 is 1.25 bits per heavy atom. The molecule has 11 heteroatoms. The second kappa shape index (κ2) is 11.1. The van der Waals surface area contributed by atoms with Gasteiger partial charge in [-0.2, -0.15) is 5.10 Å². The quantitative estimate of drug-likeness (QED) is 0.479. The van der Waals surface area contributed by atoms with Crippen LogP contribution in [0.25, 0.3) is 0 Å². The lowest BCUT2D eigenvalue weighted by atomic mass is 10.1. The van der Waals surface area contributed by atoms with Gasteiger partial charge in [-0.15, -0.1) is 0 Å². The van der Waals surface area contributed by atoms with E-state index < -0.39 is 18.3 Å². The van der Waals surface area contributed by atoms with E-state index in [4.69, 9.17) is 13.5 Å². The van der Waals surface area contributed by atoms with E-state index in [-0.39, 0.29) is 11.1 Å². The molecule has 1 aromatic carbocycles. The summed E-state index contributed by atoms with van der Waals surface area (Å²) in [5, 5.41) is 4.35. The van der Waals surface area contributed by atoms with E-state index in [0.29, 0.717) is 18.0 Å². The standard InChI is InChI=1S/C25H44N6O3SSi/c1-25(2,3)36(8,9)28-35(32,27-16-20-12-13-23(33-6)15-24(20)34-7)31(22-17-26-30(5)19-22)21-11-10-14-29(4)18-21/h12-13,15,17,19,21H,10-11,14,16,18H2,1-9H3,(H,27,28,32). The fourth-order valence-electron chi connectivity index (χ4n) is 4.17. The van der Waals surface area contributed by atoms with E-state index in [0.717, 1.165) is 37.2 Å². The van der Waals surface area contributed by atoms with Crippen LogP contribution in [0.4, 0.5) is 5.69 Å². The summed E-state index contributed by atoms with van der Waals surface area (Å²) < 4.78 is 38.7. The molecular formula is C25H44N6O3SSi. The molecular weight excluding hydrogens is 492 g/mol. The molecule has 0 aliphatic carbocycles. The fraction of sp³-hybridized carbons (Fsp3) is 0.640. The molecule has 1 aliphatic heterocycles. The number of benzene rings is 1. The number of nitrogens with one attached hydrogen (secondary N) is 1. The van der Waals surface area contributed by atoms with Gasteiger partial charge in [-0.25, -0.2) is 13.0 Å². The molecule has 0 bridgehead atoms. The Morgan fingerprint density at radius 3 is 2.53 bits per heavy atom. The van der Waals surface area contributed by atoms with Gasteiger partial charge in [-0.05, 0) is 50.6 Å². The normalized spacial score (nSPS) is 19.0. The Hall–Kier alpha value is -2.08. The molecule has 2 atom stereocenters. The predicted octanol–water partition coefficient (Wildman–Crippen LogP) is 4.43. The van der Waals surface area contributed by atoms with Gasteiger partial charge < -0.3 is 14.4 Å². The van der Waals surface area contributed by atoms with Crippen LogP contribution in [0.5, 0.6) is 11.5 Å². The van der Waals surface area contributed by atoms with E-state index in [1.165, 1.54) is 0 Å². The smallest absolute Gasteiger partial charge is 0.196 e. The number of hydrogen-bond acceptors (Lipinski definition) is 6. The minimum Gasteiger partial charge on any atom is -0.497 e. The number of ether oxygens (including phenoxy) is 2. The predicted molar refractivity (Wildman–Crippen MR) is 150 cm³/mol. The van der Waals surface area contributed by atoms with Gasteiger partial charge in [0.15, 0.2) is 18.3 Å². The van der Waals surface area contributed by atoms with Crippen LogP contribution in [0.1, 0.15) is 39.2 Å². The van der Waals surface area contributed by atoms with Crippen LogP contribution in [-0.2, 0) is 23.7 Å². The summed E-state index contributed by atoms with van der Waals surface area (Å²) in [6.45, 7) is 13.1. The molecule has 0 spiro atoms. The number of piperidine rings is 1. The number of aromatic nitrogens is 2. The molecule has 202 valence electrons. The fourth-order valence-corrected chi connectivity index (χ4v) is 9.79. The third-order valence-corrected chi connectivity index (χ3v) is 15.3. The zero-order valence-electron chi connectivity index (χ0n) is 23.4. The molecule has 0 radical (unpaired) electrons. The van der Waals surface area contributed by atoms with Gasteiger partial charge in [0.25, 0.3) is 0 Å². The number of anilines is 1. The molecule has 1 aliphatic rings. The van der Waals surface area contributed by atoms with Crippen LogP contribution in [0.2, 0.25) is 18.1 Å². The van der Waals surface area contributed by atoms with Crippen molar-refractivity contribution in [3.05, 3.63) is 36.2 Å². The average Bonchev–Trinajstić information content (AvgIpc) is 3.22. The topological polar surface area (TPSA) is 84.2 Å². The van der Waals surface area contributed by atoms with E-state index in [1.807, 2.05) is 35.7 Å². The van der Waals surface area contributed by atoms with Gasteiger partial charge in [0.2, 0.25) is 0 Å². The van der Waals surface area contributed by atoms with Crippen molar-refractivity contribution in [3.8, 4) is 11.5 Å². The van der Waals surface area contributed by atoms with Gasteiger partial charge in [-0.1, -0.05) is 26.8 Å². The van der Waals surface area contributed by atoms with Gasteiger partial charge in [-0.3, -0.25) is 8.99 Å². The summed E-state index contributed by atoms with van der Waals surface area (Å²) in [6, 6.07) is 5.72. The third kappa shape index (κ3) is 6.42. The Bertz CT molecular complexity index is 1150. The first-order valence-electron chi connectivity index (χ1n) is 12.5. The molecule has 1 saturated heterocycles. The summed E-state index contributed by atoms with van der Waals surface area (Å²) in [7, 11) is 1.87. The minimum atomic E-state index is -3.07. The minimum absolute atomic E-state index is 0.0410. The SMILES string of the molecule is COc1ccc(CNS(=O)(=N[Si](C)(C)C(C)(C)C)N(c2cnn(C)c2)C2CCCN(C)C2)c(OC)c1. The number of hydrogen-bond donors (Lipinski definition) is 1. The Balaban J connectivity index is 2.14. The van der Waals surface area contributed by atoms with Crippen molar-refractivity contribution in [2.45, 2.75) is 64.3 Å². The van der Waals surface area contributed by atoms with Crippen LogP contribution in [-0.4, -0.2) is 67.5 Å². The summed E-state index contributed by atoms with van der Waals surface area (Å²) in [5.74, 6) is 1.39. The summed E-state index contributed by atoms with van der Waals surface area (Å²) in [6.07, 6.45) is 5.72. The Labute approximate surface area is 218 Å². The number of likely N-dealkylation sites (N-methyl/N-ethyl adjacent to an activating group) is 1. The van der Waals surface area contributed by atoms with Crippen molar-refractivity contribution in [3.63, 3.8) is 0 Å². The first-order chi connectivity index (χ1) is 16.8. The van der Waals surface area contributed by atoms with Crippen LogP contribution >= 0.6 is 0 Å². The molecule has 9 nitrogen and oxygen atoms in total. The molecule has 1 aromatic heterocycles. The van der Waals surface area contributed by atoms with Gasteiger partial charge in [0, 0.05) is 38.0 Å². The average molecular weight is 537 g/mol. The van der Waals surface area contributed by atoms with E-state index in [9.17, 15) is 0 Å². The maximum atomic E-state index is 15.2. The summed E-state index contributed by atoms with van der Waals surface area (Å²) in [5.41, 5.74) is 1.71. The molecule has 36 heavy (non-hydrogen) atoms. The van der Waals surface area contributed by atoms with Crippen molar-refractivity contribution in [2.75, 3.05) is 38.7 Å². The molecule has 0 amide bonds. The largest absolute Gasteiger partial charge is 0.497 e. The van der Waals surface area contributed by atoms with Crippen LogP contribution in [0.15, 0.2) is 34.6 Å². The number of nitrogens with zero attached hydrogens (tertiary/aromatic N) is 5. The van der Waals surface area contributed by atoms with Gasteiger partial charge in [0.05, 0.1) is 32.1 Å². The molecule has 1 N–H and O–H groups in total. The highest BCUT2D eigenvalue weighted by Gasteiger charge is 2.40. The molecule has 2 aromatic rings. The van der Waals surface area contributed by atoms with Crippen molar-refractivity contribution in [1.82, 2.24) is 19.4 Å². The van der Waals surface area contributed by atoms with Gasteiger partial charge >= 0.3 is 0 Å².